The van der Waals surface area contributed by atoms with Gasteiger partial charge in [-0.05, 0) is 30.3 Å². The fourth-order valence-corrected chi connectivity index (χ4v) is 2.53. The third-order valence-corrected chi connectivity index (χ3v) is 3.53. The van der Waals surface area contributed by atoms with Crippen molar-refractivity contribution in [3.63, 3.8) is 0 Å². The van der Waals surface area contributed by atoms with E-state index in [2.05, 4.69) is 20.9 Å². The van der Waals surface area contributed by atoms with Gasteiger partial charge in [0.2, 0.25) is 11.8 Å². The molecule has 0 aliphatic rings. The molecule has 4 N–H and O–H groups in total. The third kappa shape index (κ3) is 5.17. The fraction of sp³-hybridized carbons (Fsp3) is 0.125. The van der Waals surface area contributed by atoms with Gasteiger partial charge in [-0.15, -0.1) is 5.11 Å². The first-order chi connectivity index (χ1) is 11.8. The van der Waals surface area contributed by atoms with Crippen molar-refractivity contribution >= 4 is 63.5 Å². The topological polar surface area (TPSA) is 109 Å². The summed E-state index contributed by atoms with van der Waals surface area (Å²) in [6.07, 6.45) is 0. The number of hydrogen-bond acceptors (Lipinski definition) is 5. The van der Waals surface area contributed by atoms with Crippen LogP contribution < -0.4 is 16.4 Å². The molecule has 2 aromatic rings. The van der Waals surface area contributed by atoms with Gasteiger partial charge in [-0.3, -0.25) is 9.59 Å². The molecule has 0 heterocycles. The molecule has 0 aliphatic carbocycles. The number of rotatable bonds is 4. The maximum absolute atomic E-state index is 11.3. The van der Waals surface area contributed by atoms with E-state index < -0.39 is 0 Å². The minimum Gasteiger partial charge on any atom is -0.399 e. The second-order valence-electron chi connectivity index (χ2n) is 5.12. The second-order valence-corrected chi connectivity index (χ2v) is 5.94. The van der Waals surface area contributed by atoms with Gasteiger partial charge in [0, 0.05) is 19.5 Å². The first-order valence-electron chi connectivity index (χ1n) is 7.11. The standard InChI is InChI=1S/C16H15Cl2N5O2/c1-8(24)20-15-5-10(19)3-4-14(15)23-22-11-6-12(17)16(13(18)7-11)21-9(2)25/h3-7H,19H2,1-2H3,(H,20,24)(H,21,25)/b23-22+. The van der Waals surface area contributed by atoms with Gasteiger partial charge in [0.25, 0.3) is 0 Å². The molecule has 2 rings (SSSR count). The summed E-state index contributed by atoms with van der Waals surface area (Å²) < 4.78 is 0. The lowest BCUT2D eigenvalue weighted by Crippen LogP contribution is -2.06. The molecule has 130 valence electrons. The van der Waals surface area contributed by atoms with Crippen molar-refractivity contribution in [3.05, 3.63) is 40.4 Å². The lowest BCUT2D eigenvalue weighted by atomic mass is 10.2. The number of anilines is 3. The zero-order valence-corrected chi connectivity index (χ0v) is 14.9. The number of carbonyl (C=O) groups excluding carboxylic acids is 2. The lowest BCUT2D eigenvalue weighted by molar-refractivity contribution is -0.115. The van der Waals surface area contributed by atoms with Crippen molar-refractivity contribution in [2.45, 2.75) is 13.8 Å². The number of nitrogens with one attached hydrogen (secondary N) is 2. The van der Waals surface area contributed by atoms with Crippen LogP contribution in [0, 0.1) is 0 Å². The van der Waals surface area contributed by atoms with E-state index in [-0.39, 0.29) is 21.9 Å². The number of halogens is 2. The van der Waals surface area contributed by atoms with Crippen LogP contribution in [-0.4, -0.2) is 11.8 Å². The molecule has 9 heteroatoms. The number of azo groups is 1. The highest BCUT2D eigenvalue weighted by atomic mass is 35.5. The Morgan fingerprint density at radius 2 is 1.56 bits per heavy atom. The minimum atomic E-state index is -0.292. The number of nitrogens with two attached hydrogens (primary N) is 1. The summed E-state index contributed by atoms with van der Waals surface area (Å²) in [5.41, 5.74) is 7.74. The van der Waals surface area contributed by atoms with Crippen molar-refractivity contribution in [2.75, 3.05) is 16.4 Å². The Morgan fingerprint density at radius 1 is 0.960 bits per heavy atom. The maximum atomic E-state index is 11.3. The van der Waals surface area contributed by atoms with Crippen molar-refractivity contribution in [1.29, 1.82) is 0 Å². The number of nitrogen functional groups attached to an aromatic ring is 1. The van der Waals surface area contributed by atoms with Gasteiger partial charge >= 0.3 is 0 Å². The smallest absolute Gasteiger partial charge is 0.221 e. The molecule has 0 aromatic heterocycles. The zero-order valence-electron chi connectivity index (χ0n) is 13.4. The van der Waals surface area contributed by atoms with Gasteiger partial charge in [0.1, 0.15) is 5.69 Å². The average Bonchev–Trinajstić information content (AvgIpc) is 2.49. The molecule has 0 fully saturated rings. The van der Waals surface area contributed by atoms with Crippen LogP contribution in [0.2, 0.25) is 10.0 Å². The Bertz CT molecular complexity index is 845. The third-order valence-electron chi connectivity index (χ3n) is 2.93. The molecule has 7 nitrogen and oxygen atoms in total. The first kappa shape index (κ1) is 18.7. The molecule has 0 spiro atoms. The van der Waals surface area contributed by atoms with E-state index in [9.17, 15) is 9.59 Å². The summed E-state index contributed by atoms with van der Waals surface area (Å²) in [6.45, 7) is 2.73. The van der Waals surface area contributed by atoms with E-state index in [0.29, 0.717) is 28.4 Å². The number of benzene rings is 2. The number of nitrogens with zero attached hydrogens (tertiary/aromatic N) is 2. The molecule has 0 aliphatic heterocycles. The molecule has 2 amide bonds. The Hall–Kier alpha value is -2.64. The molecular formula is C16H15Cl2N5O2. The van der Waals surface area contributed by atoms with Crippen LogP contribution in [0.4, 0.5) is 28.4 Å². The second kappa shape index (κ2) is 7.96. The van der Waals surface area contributed by atoms with Gasteiger partial charge in [0.15, 0.2) is 0 Å². The van der Waals surface area contributed by atoms with Crippen molar-refractivity contribution in [3.8, 4) is 0 Å². The first-order valence-corrected chi connectivity index (χ1v) is 7.87. The molecule has 0 unspecified atom stereocenters. The summed E-state index contributed by atoms with van der Waals surface area (Å²) >= 11 is 12.2. The molecule has 0 radical (unpaired) electrons. The summed E-state index contributed by atoms with van der Waals surface area (Å²) in [5.74, 6) is -0.548. The van der Waals surface area contributed by atoms with Gasteiger partial charge in [-0.1, -0.05) is 23.2 Å². The quantitative estimate of drug-likeness (QED) is 0.518. The molecule has 0 saturated carbocycles. The van der Waals surface area contributed by atoms with Crippen LogP contribution in [0.5, 0.6) is 0 Å². The monoisotopic (exact) mass is 379 g/mol. The average molecular weight is 380 g/mol. The summed E-state index contributed by atoms with van der Waals surface area (Å²) in [5, 5.41) is 13.8. The highest BCUT2D eigenvalue weighted by Crippen LogP contribution is 2.36. The minimum absolute atomic E-state index is 0.232. The van der Waals surface area contributed by atoms with Gasteiger partial charge in [-0.25, -0.2) is 0 Å². The normalized spacial score (nSPS) is 10.7. The molecule has 25 heavy (non-hydrogen) atoms. The Labute approximate surface area is 154 Å². The van der Waals surface area contributed by atoms with Crippen LogP contribution in [0.25, 0.3) is 0 Å². The van der Waals surface area contributed by atoms with E-state index >= 15 is 0 Å². The summed E-state index contributed by atoms with van der Waals surface area (Å²) in [7, 11) is 0. The van der Waals surface area contributed by atoms with Crippen LogP contribution in [0.15, 0.2) is 40.6 Å². The van der Waals surface area contributed by atoms with Crippen molar-refractivity contribution < 1.29 is 9.59 Å². The molecule has 0 saturated heterocycles. The van der Waals surface area contributed by atoms with E-state index in [4.69, 9.17) is 28.9 Å². The maximum Gasteiger partial charge on any atom is 0.221 e. The van der Waals surface area contributed by atoms with Crippen LogP contribution in [0.3, 0.4) is 0 Å². The Balaban J connectivity index is 2.34. The van der Waals surface area contributed by atoms with Crippen molar-refractivity contribution in [1.82, 2.24) is 0 Å². The summed E-state index contributed by atoms with van der Waals surface area (Å²) in [4.78, 5) is 22.4. The molecule has 0 bridgehead atoms. The number of carbonyl (C=O) groups is 2. The molecular weight excluding hydrogens is 365 g/mol. The van der Waals surface area contributed by atoms with Gasteiger partial charge < -0.3 is 16.4 Å². The SMILES string of the molecule is CC(=O)Nc1cc(N)ccc1/N=N/c1cc(Cl)c(NC(C)=O)c(Cl)c1. The Morgan fingerprint density at radius 3 is 2.12 bits per heavy atom. The van der Waals surface area contributed by atoms with E-state index in [1.165, 1.54) is 26.0 Å². The van der Waals surface area contributed by atoms with Gasteiger partial charge in [-0.2, -0.15) is 5.11 Å². The number of amides is 2. The largest absolute Gasteiger partial charge is 0.399 e. The van der Waals surface area contributed by atoms with E-state index in [0.717, 1.165) is 0 Å². The number of hydrogen-bond donors (Lipinski definition) is 3. The predicted octanol–water partition coefficient (Wildman–Crippen LogP) is 4.91. The van der Waals surface area contributed by atoms with E-state index in [1.807, 2.05) is 0 Å². The van der Waals surface area contributed by atoms with Crippen molar-refractivity contribution in [2.24, 2.45) is 10.2 Å². The molecule has 0 atom stereocenters. The van der Waals surface area contributed by atoms with E-state index in [1.54, 1.807) is 18.2 Å². The van der Waals surface area contributed by atoms with Gasteiger partial charge in [0.05, 0.1) is 27.1 Å². The van der Waals surface area contributed by atoms with Crippen LogP contribution >= 0.6 is 23.2 Å². The zero-order chi connectivity index (χ0) is 18.6. The highest BCUT2D eigenvalue weighted by Gasteiger charge is 2.10. The lowest BCUT2D eigenvalue weighted by Gasteiger charge is -2.08. The van der Waals surface area contributed by atoms with Crippen LogP contribution in [-0.2, 0) is 9.59 Å². The Kier molecular flexibility index (Phi) is 5.95. The van der Waals surface area contributed by atoms with Crippen LogP contribution in [0.1, 0.15) is 13.8 Å². The fourth-order valence-electron chi connectivity index (χ4n) is 1.96. The predicted molar refractivity (Wildman–Crippen MR) is 100 cm³/mol. The summed E-state index contributed by atoms with van der Waals surface area (Å²) in [6, 6.07) is 7.86. The highest BCUT2D eigenvalue weighted by molar-refractivity contribution is 6.40. The molecule has 2 aromatic carbocycles.